The molecular formula is C17H21N3O2S. The van der Waals surface area contributed by atoms with E-state index >= 15 is 0 Å². The lowest BCUT2D eigenvalue weighted by Crippen LogP contribution is -2.17. The number of hydrogen-bond acceptors (Lipinski definition) is 5. The van der Waals surface area contributed by atoms with E-state index in [9.17, 15) is 4.79 Å². The van der Waals surface area contributed by atoms with Gasteiger partial charge in [0.1, 0.15) is 11.6 Å². The van der Waals surface area contributed by atoms with E-state index in [2.05, 4.69) is 46.0 Å². The molecule has 122 valence electrons. The van der Waals surface area contributed by atoms with Crippen LogP contribution in [0.4, 0.5) is 0 Å². The predicted octanol–water partition coefficient (Wildman–Crippen LogP) is 3.00. The number of rotatable bonds is 4. The Balaban J connectivity index is 1.66. The first-order valence-electron chi connectivity index (χ1n) is 7.85. The molecule has 2 heterocycles. The van der Waals surface area contributed by atoms with E-state index in [1.54, 1.807) is 11.8 Å². The number of fused-ring (bicyclic) bond motifs is 1. The van der Waals surface area contributed by atoms with Crippen LogP contribution in [-0.4, -0.2) is 27.8 Å². The first-order valence-corrected chi connectivity index (χ1v) is 8.84. The van der Waals surface area contributed by atoms with E-state index in [1.165, 1.54) is 17.6 Å². The van der Waals surface area contributed by atoms with Gasteiger partial charge in [-0.05, 0) is 31.9 Å². The molecular weight excluding hydrogens is 310 g/mol. The van der Waals surface area contributed by atoms with E-state index in [-0.39, 0.29) is 11.9 Å². The zero-order valence-electron chi connectivity index (χ0n) is 13.5. The molecule has 3 rings (SSSR count). The SMILES string of the molecule is COC(=O)C1CCc2nnc(CSc3ccc(C)cc3)n2CC1. The number of esters is 1. The molecule has 1 aromatic carbocycles. The molecule has 0 spiro atoms. The summed E-state index contributed by atoms with van der Waals surface area (Å²) in [4.78, 5) is 13.0. The van der Waals surface area contributed by atoms with Crippen molar-refractivity contribution < 1.29 is 9.53 Å². The smallest absolute Gasteiger partial charge is 0.308 e. The van der Waals surface area contributed by atoms with Gasteiger partial charge in [0, 0.05) is 17.9 Å². The van der Waals surface area contributed by atoms with Crippen molar-refractivity contribution in [1.82, 2.24) is 14.8 Å². The minimum absolute atomic E-state index is 0.0284. The van der Waals surface area contributed by atoms with Crippen LogP contribution in [0.2, 0.25) is 0 Å². The van der Waals surface area contributed by atoms with Crippen LogP contribution in [0.1, 0.15) is 30.1 Å². The lowest BCUT2D eigenvalue weighted by atomic mass is 10.0. The molecule has 0 saturated carbocycles. The van der Waals surface area contributed by atoms with Gasteiger partial charge in [-0.25, -0.2) is 0 Å². The van der Waals surface area contributed by atoms with Gasteiger partial charge in [0.2, 0.25) is 0 Å². The molecule has 6 heteroatoms. The number of methoxy groups -OCH3 is 1. The van der Waals surface area contributed by atoms with Crippen LogP contribution in [0, 0.1) is 12.8 Å². The molecule has 1 aromatic heterocycles. The molecule has 0 N–H and O–H groups in total. The van der Waals surface area contributed by atoms with Gasteiger partial charge >= 0.3 is 5.97 Å². The Morgan fingerprint density at radius 1 is 1.30 bits per heavy atom. The number of aryl methyl sites for hydroxylation is 2. The van der Waals surface area contributed by atoms with E-state index in [0.29, 0.717) is 0 Å². The molecule has 1 atom stereocenters. The number of ether oxygens (including phenoxy) is 1. The summed E-state index contributed by atoms with van der Waals surface area (Å²) in [6.45, 7) is 2.87. The predicted molar refractivity (Wildman–Crippen MR) is 89.2 cm³/mol. The minimum Gasteiger partial charge on any atom is -0.469 e. The van der Waals surface area contributed by atoms with Gasteiger partial charge in [0.05, 0.1) is 18.8 Å². The topological polar surface area (TPSA) is 57.0 Å². The zero-order chi connectivity index (χ0) is 16.2. The Morgan fingerprint density at radius 2 is 2.09 bits per heavy atom. The van der Waals surface area contributed by atoms with Crippen LogP contribution in [0.3, 0.4) is 0 Å². The molecule has 0 saturated heterocycles. The molecule has 1 aliphatic heterocycles. The fraction of sp³-hybridized carbons (Fsp3) is 0.471. The van der Waals surface area contributed by atoms with Crippen molar-refractivity contribution in [3.05, 3.63) is 41.5 Å². The zero-order valence-corrected chi connectivity index (χ0v) is 14.3. The van der Waals surface area contributed by atoms with E-state index in [1.807, 2.05) is 0 Å². The molecule has 0 fully saturated rings. The first kappa shape index (κ1) is 16.1. The van der Waals surface area contributed by atoms with Gasteiger partial charge in [-0.15, -0.1) is 22.0 Å². The molecule has 0 aliphatic carbocycles. The molecule has 2 aromatic rings. The standard InChI is InChI=1S/C17H21N3O2S/c1-12-3-6-14(7-4-12)23-11-16-19-18-15-8-5-13(17(21)22-2)9-10-20(15)16/h3-4,6-7,13H,5,8-11H2,1-2H3. The largest absolute Gasteiger partial charge is 0.469 e. The normalized spacial score (nSPS) is 17.4. The third-order valence-electron chi connectivity index (χ3n) is 4.25. The van der Waals surface area contributed by atoms with Crippen molar-refractivity contribution in [3.8, 4) is 0 Å². The summed E-state index contributed by atoms with van der Waals surface area (Å²) in [5.41, 5.74) is 1.26. The summed E-state index contributed by atoms with van der Waals surface area (Å²) < 4.78 is 7.05. The second-order valence-corrected chi connectivity index (χ2v) is 6.88. The van der Waals surface area contributed by atoms with Gasteiger partial charge in [-0.3, -0.25) is 4.79 Å². The number of carbonyl (C=O) groups excluding carboxylic acids is 1. The van der Waals surface area contributed by atoms with E-state index < -0.39 is 0 Å². The van der Waals surface area contributed by atoms with Crippen LogP contribution in [-0.2, 0) is 28.2 Å². The lowest BCUT2D eigenvalue weighted by Gasteiger charge is -2.11. The maximum Gasteiger partial charge on any atom is 0.308 e. The third kappa shape index (κ3) is 3.75. The average molecular weight is 331 g/mol. The second-order valence-electron chi connectivity index (χ2n) is 5.83. The van der Waals surface area contributed by atoms with Crippen molar-refractivity contribution in [3.63, 3.8) is 0 Å². The Kier molecular flexibility index (Phi) is 5.00. The summed E-state index contributed by atoms with van der Waals surface area (Å²) in [5, 5.41) is 8.65. The van der Waals surface area contributed by atoms with Gasteiger partial charge in [-0.1, -0.05) is 17.7 Å². The Hall–Kier alpha value is -1.82. The lowest BCUT2D eigenvalue weighted by molar-refractivity contribution is -0.145. The van der Waals surface area contributed by atoms with Gasteiger partial charge < -0.3 is 9.30 Å². The van der Waals surface area contributed by atoms with Crippen molar-refractivity contribution in [2.45, 2.75) is 43.4 Å². The fourth-order valence-corrected chi connectivity index (χ4v) is 3.68. The second kappa shape index (κ2) is 7.17. The molecule has 0 amide bonds. The first-order chi connectivity index (χ1) is 11.2. The molecule has 5 nitrogen and oxygen atoms in total. The van der Waals surface area contributed by atoms with Crippen molar-refractivity contribution in [1.29, 1.82) is 0 Å². The molecule has 0 bridgehead atoms. The Labute approximate surface area is 140 Å². The van der Waals surface area contributed by atoms with Crippen LogP contribution in [0.15, 0.2) is 29.2 Å². The minimum atomic E-state index is -0.112. The summed E-state index contributed by atoms with van der Waals surface area (Å²) in [7, 11) is 1.46. The van der Waals surface area contributed by atoms with E-state index in [0.717, 1.165) is 43.2 Å². The Morgan fingerprint density at radius 3 is 2.83 bits per heavy atom. The van der Waals surface area contributed by atoms with Crippen molar-refractivity contribution in [2.24, 2.45) is 5.92 Å². The molecule has 1 unspecified atom stereocenters. The number of hydrogen-bond donors (Lipinski definition) is 0. The highest BCUT2D eigenvalue weighted by molar-refractivity contribution is 7.98. The molecule has 1 aliphatic rings. The average Bonchev–Trinajstić information content (AvgIpc) is 2.83. The van der Waals surface area contributed by atoms with Crippen LogP contribution < -0.4 is 0 Å². The highest BCUT2D eigenvalue weighted by atomic mass is 32.2. The third-order valence-corrected chi connectivity index (χ3v) is 5.25. The van der Waals surface area contributed by atoms with Crippen molar-refractivity contribution in [2.75, 3.05) is 7.11 Å². The summed E-state index contributed by atoms with van der Waals surface area (Å²) >= 11 is 1.76. The maximum absolute atomic E-state index is 11.7. The highest BCUT2D eigenvalue weighted by Crippen LogP contribution is 2.26. The summed E-state index contributed by atoms with van der Waals surface area (Å²) in [6, 6.07) is 8.50. The van der Waals surface area contributed by atoms with Gasteiger partial charge in [-0.2, -0.15) is 0 Å². The van der Waals surface area contributed by atoms with Crippen LogP contribution in [0.5, 0.6) is 0 Å². The van der Waals surface area contributed by atoms with Crippen LogP contribution in [0.25, 0.3) is 0 Å². The highest BCUT2D eigenvalue weighted by Gasteiger charge is 2.25. The fourth-order valence-electron chi connectivity index (χ4n) is 2.84. The number of thioether (sulfide) groups is 1. The number of aromatic nitrogens is 3. The van der Waals surface area contributed by atoms with Gasteiger partial charge in [0.15, 0.2) is 0 Å². The molecule has 0 radical (unpaired) electrons. The van der Waals surface area contributed by atoms with Crippen LogP contribution >= 0.6 is 11.8 Å². The number of carbonyl (C=O) groups is 1. The molecule has 23 heavy (non-hydrogen) atoms. The summed E-state index contributed by atoms with van der Waals surface area (Å²) in [6.07, 6.45) is 2.36. The van der Waals surface area contributed by atoms with Crippen molar-refractivity contribution >= 4 is 17.7 Å². The maximum atomic E-state index is 11.7. The van der Waals surface area contributed by atoms with E-state index in [4.69, 9.17) is 4.74 Å². The Bertz CT molecular complexity index is 682. The summed E-state index contributed by atoms with van der Waals surface area (Å²) in [5.74, 6) is 2.62. The van der Waals surface area contributed by atoms with Gasteiger partial charge in [0.25, 0.3) is 0 Å². The monoisotopic (exact) mass is 331 g/mol. The quantitative estimate of drug-likeness (QED) is 0.637. The number of benzene rings is 1. The number of nitrogens with zero attached hydrogens (tertiary/aromatic N) is 3.